The first-order chi connectivity index (χ1) is 15.3. The highest BCUT2D eigenvalue weighted by Crippen LogP contribution is 2.38. The molecule has 1 fully saturated rings. The van der Waals surface area contributed by atoms with Crippen molar-refractivity contribution in [3.8, 4) is 17.6 Å². The number of rotatable bonds is 8. The Hall–Kier alpha value is -3.29. The third kappa shape index (κ3) is 5.30. The second-order valence-electron chi connectivity index (χ2n) is 6.47. The maximum Gasteiger partial charge on any atom is 0.323 e. The van der Waals surface area contributed by atoms with Crippen molar-refractivity contribution in [1.82, 2.24) is 4.90 Å². The van der Waals surface area contributed by atoms with Gasteiger partial charge in [0, 0.05) is 10.0 Å². The molecule has 0 aliphatic carbocycles. The van der Waals surface area contributed by atoms with Gasteiger partial charge in [0.2, 0.25) is 0 Å². The van der Waals surface area contributed by atoms with Gasteiger partial charge in [0.15, 0.2) is 11.5 Å². The molecule has 3 rings (SSSR count). The van der Waals surface area contributed by atoms with Gasteiger partial charge in [-0.25, -0.2) is 0 Å². The highest BCUT2D eigenvalue weighted by molar-refractivity contribution is 9.10. The van der Waals surface area contributed by atoms with E-state index in [9.17, 15) is 19.6 Å². The van der Waals surface area contributed by atoms with E-state index in [0.29, 0.717) is 50.4 Å². The number of hydrogen-bond acceptors (Lipinski definition) is 7. The minimum absolute atomic E-state index is 0.107. The number of nitrogens with zero attached hydrogens (tertiary/aromatic N) is 2. The summed E-state index contributed by atoms with van der Waals surface area (Å²) in [6.45, 7) is 1.64. The number of carboxylic acid groups (broad SMARTS) is 1. The van der Waals surface area contributed by atoms with Crippen molar-refractivity contribution in [3.63, 3.8) is 0 Å². The molecule has 0 atom stereocenters. The number of ether oxygens (including phenoxy) is 2. The van der Waals surface area contributed by atoms with Crippen molar-refractivity contribution in [2.45, 2.75) is 13.5 Å². The van der Waals surface area contributed by atoms with Gasteiger partial charge < -0.3 is 14.6 Å². The van der Waals surface area contributed by atoms with Crippen LogP contribution in [0.4, 0.5) is 4.79 Å². The Morgan fingerprint density at radius 2 is 1.97 bits per heavy atom. The zero-order chi connectivity index (χ0) is 23.3. The van der Waals surface area contributed by atoms with Crippen molar-refractivity contribution < 1.29 is 29.0 Å². The van der Waals surface area contributed by atoms with Gasteiger partial charge in [-0.15, -0.1) is 0 Å². The molecular formula is C22H17BrN2O6S. The molecule has 0 saturated carbocycles. The lowest BCUT2D eigenvalue weighted by molar-refractivity contribution is -0.140. The molecule has 2 aromatic carbocycles. The molecule has 2 amide bonds. The molecule has 1 saturated heterocycles. The Morgan fingerprint density at radius 1 is 1.25 bits per heavy atom. The van der Waals surface area contributed by atoms with Crippen LogP contribution in [0, 0.1) is 11.3 Å². The van der Waals surface area contributed by atoms with Gasteiger partial charge in [0.05, 0.1) is 23.1 Å². The summed E-state index contributed by atoms with van der Waals surface area (Å²) in [5.74, 6) is -1.09. The lowest BCUT2D eigenvalue weighted by Gasteiger charge is -2.14. The molecule has 1 heterocycles. The van der Waals surface area contributed by atoms with Gasteiger partial charge in [-0.1, -0.05) is 34.1 Å². The van der Waals surface area contributed by atoms with Crippen molar-refractivity contribution in [3.05, 3.63) is 62.5 Å². The van der Waals surface area contributed by atoms with Crippen LogP contribution in [0.3, 0.4) is 0 Å². The van der Waals surface area contributed by atoms with E-state index in [2.05, 4.69) is 22.0 Å². The Kier molecular flexibility index (Phi) is 7.56. The first kappa shape index (κ1) is 23.4. The van der Waals surface area contributed by atoms with Gasteiger partial charge in [0.1, 0.15) is 13.2 Å². The van der Waals surface area contributed by atoms with Gasteiger partial charge in [0.25, 0.3) is 11.1 Å². The van der Waals surface area contributed by atoms with E-state index in [-0.39, 0.29) is 11.5 Å². The SMILES string of the molecule is CCOc1cc(/C=C2/SC(=O)N(CC(=O)O)C2=O)c(Br)cc1OCc1ccccc1C#N. The molecule has 0 unspecified atom stereocenters. The summed E-state index contributed by atoms with van der Waals surface area (Å²) in [5.41, 5.74) is 1.79. The fourth-order valence-corrected chi connectivity index (χ4v) is 4.13. The molecule has 2 aromatic rings. The number of nitriles is 1. The van der Waals surface area contributed by atoms with E-state index in [0.717, 1.165) is 5.56 Å². The Balaban J connectivity index is 1.88. The second-order valence-corrected chi connectivity index (χ2v) is 8.32. The number of carbonyl (C=O) groups is 3. The van der Waals surface area contributed by atoms with E-state index in [1.807, 2.05) is 13.0 Å². The maximum absolute atomic E-state index is 12.4. The summed E-state index contributed by atoms with van der Waals surface area (Å²) in [6.07, 6.45) is 1.49. The van der Waals surface area contributed by atoms with Crippen molar-refractivity contribution in [1.29, 1.82) is 5.26 Å². The number of halogens is 1. The molecular weight excluding hydrogens is 500 g/mol. The zero-order valence-electron chi connectivity index (χ0n) is 16.8. The van der Waals surface area contributed by atoms with E-state index in [1.165, 1.54) is 6.08 Å². The molecule has 164 valence electrons. The standard InChI is InChI=1S/C22H17BrN2O6S/c1-2-30-17-7-15(8-19-21(28)25(11-20(26)27)22(29)32-19)16(23)9-18(17)31-12-14-6-4-3-5-13(14)10-24/h3-9H,2,11-12H2,1H3,(H,26,27)/b19-8+. The van der Waals surface area contributed by atoms with Crippen LogP contribution in [0.5, 0.6) is 11.5 Å². The van der Waals surface area contributed by atoms with Crippen molar-refractivity contribution in [2.24, 2.45) is 0 Å². The van der Waals surface area contributed by atoms with E-state index < -0.39 is 23.7 Å². The number of carbonyl (C=O) groups excluding carboxylic acids is 2. The third-order valence-corrected chi connectivity index (χ3v) is 5.93. The minimum Gasteiger partial charge on any atom is -0.490 e. The van der Waals surface area contributed by atoms with E-state index >= 15 is 0 Å². The first-order valence-electron chi connectivity index (χ1n) is 9.38. The van der Waals surface area contributed by atoms with Crippen LogP contribution >= 0.6 is 27.7 Å². The van der Waals surface area contributed by atoms with Crippen molar-refractivity contribution >= 4 is 50.9 Å². The topological polar surface area (TPSA) is 117 Å². The highest BCUT2D eigenvalue weighted by atomic mass is 79.9. The lowest BCUT2D eigenvalue weighted by Crippen LogP contribution is -2.33. The molecule has 10 heteroatoms. The summed E-state index contributed by atoms with van der Waals surface area (Å²) < 4.78 is 12.2. The van der Waals surface area contributed by atoms with Gasteiger partial charge in [-0.2, -0.15) is 5.26 Å². The Labute approximate surface area is 196 Å². The fraction of sp³-hybridized carbons (Fsp3) is 0.182. The molecule has 1 N–H and O–H groups in total. The lowest BCUT2D eigenvalue weighted by atomic mass is 10.1. The third-order valence-electron chi connectivity index (χ3n) is 4.34. The number of amides is 2. The van der Waals surface area contributed by atoms with Crippen LogP contribution in [0.25, 0.3) is 6.08 Å². The number of thioether (sulfide) groups is 1. The first-order valence-corrected chi connectivity index (χ1v) is 11.0. The van der Waals surface area contributed by atoms with Crippen LogP contribution in [-0.2, 0) is 16.2 Å². The molecule has 0 spiro atoms. The van der Waals surface area contributed by atoms with Crippen LogP contribution in [0.15, 0.2) is 45.8 Å². The predicted molar refractivity (Wildman–Crippen MR) is 121 cm³/mol. The average molecular weight is 517 g/mol. The molecule has 32 heavy (non-hydrogen) atoms. The van der Waals surface area contributed by atoms with E-state index in [1.54, 1.807) is 30.3 Å². The van der Waals surface area contributed by atoms with Crippen LogP contribution < -0.4 is 9.47 Å². The smallest absolute Gasteiger partial charge is 0.323 e. The fourth-order valence-electron chi connectivity index (χ4n) is 2.87. The number of imide groups is 1. The summed E-state index contributed by atoms with van der Waals surface area (Å²) in [6, 6.07) is 12.6. The molecule has 1 aliphatic heterocycles. The number of aliphatic carboxylic acids is 1. The van der Waals surface area contributed by atoms with Gasteiger partial charge in [-0.05, 0) is 48.5 Å². The molecule has 0 radical (unpaired) electrons. The molecule has 0 bridgehead atoms. The molecule has 8 nitrogen and oxygen atoms in total. The summed E-state index contributed by atoms with van der Waals surface area (Å²) >= 11 is 4.11. The molecule has 0 aromatic heterocycles. The summed E-state index contributed by atoms with van der Waals surface area (Å²) in [7, 11) is 0. The second kappa shape index (κ2) is 10.3. The van der Waals surface area contributed by atoms with Crippen molar-refractivity contribution in [2.75, 3.05) is 13.2 Å². The van der Waals surface area contributed by atoms with E-state index in [4.69, 9.17) is 14.6 Å². The monoisotopic (exact) mass is 516 g/mol. The normalized spacial score (nSPS) is 14.5. The quantitative estimate of drug-likeness (QED) is 0.512. The van der Waals surface area contributed by atoms with Gasteiger partial charge in [-0.3, -0.25) is 19.3 Å². The largest absolute Gasteiger partial charge is 0.490 e. The summed E-state index contributed by atoms with van der Waals surface area (Å²) in [4.78, 5) is 36.1. The minimum atomic E-state index is -1.27. The zero-order valence-corrected chi connectivity index (χ0v) is 19.2. The Morgan fingerprint density at radius 3 is 2.66 bits per heavy atom. The number of hydrogen-bond donors (Lipinski definition) is 1. The van der Waals surface area contributed by atoms with Crippen LogP contribution in [0.1, 0.15) is 23.6 Å². The summed E-state index contributed by atoms with van der Waals surface area (Å²) in [5, 5.41) is 17.5. The number of benzene rings is 2. The van der Waals surface area contributed by atoms with Crippen LogP contribution in [-0.4, -0.2) is 40.3 Å². The average Bonchev–Trinajstić information content (AvgIpc) is 3.02. The maximum atomic E-state index is 12.4. The van der Waals surface area contributed by atoms with Crippen LogP contribution in [0.2, 0.25) is 0 Å². The molecule has 1 aliphatic rings. The predicted octanol–water partition coefficient (Wildman–Crippen LogP) is 4.42. The Bertz CT molecular complexity index is 1160. The van der Waals surface area contributed by atoms with Gasteiger partial charge >= 0.3 is 5.97 Å². The highest BCUT2D eigenvalue weighted by Gasteiger charge is 2.36. The number of carboxylic acids is 1.